The number of aromatic amines is 1. The summed E-state index contributed by atoms with van der Waals surface area (Å²) in [6.07, 6.45) is 1.62. The van der Waals surface area contributed by atoms with Crippen molar-refractivity contribution in [3.05, 3.63) is 51.7 Å². The van der Waals surface area contributed by atoms with E-state index < -0.39 is 11.5 Å². The molecule has 0 aliphatic heterocycles. The molecule has 7 heteroatoms. The Kier molecular flexibility index (Phi) is 5.35. The summed E-state index contributed by atoms with van der Waals surface area (Å²) in [5.74, 6) is 0.972. The smallest absolute Gasteiger partial charge is 0.345 e. The van der Waals surface area contributed by atoms with Crippen LogP contribution in [0.2, 0.25) is 0 Å². The quantitative estimate of drug-likeness (QED) is 0.813. The number of aromatic nitrogens is 2. The van der Waals surface area contributed by atoms with E-state index in [4.69, 9.17) is 14.2 Å². The summed E-state index contributed by atoms with van der Waals surface area (Å²) < 4.78 is 15.2. The van der Waals surface area contributed by atoms with Gasteiger partial charge in [-0.1, -0.05) is 6.07 Å². The summed E-state index contributed by atoms with van der Waals surface area (Å²) in [6.45, 7) is 1.87. The van der Waals surface area contributed by atoms with Crippen molar-refractivity contribution in [2.24, 2.45) is 0 Å². The molecule has 0 bridgehead atoms. The van der Waals surface area contributed by atoms with Gasteiger partial charge in [0.1, 0.15) is 11.4 Å². The van der Waals surface area contributed by atoms with E-state index in [2.05, 4.69) is 9.97 Å². The van der Waals surface area contributed by atoms with Crippen LogP contribution in [0.4, 0.5) is 0 Å². The normalized spacial score (nSPS) is 10.2. The second kappa shape index (κ2) is 7.44. The molecule has 122 valence electrons. The van der Waals surface area contributed by atoms with Crippen molar-refractivity contribution in [2.75, 3.05) is 20.8 Å². The summed E-state index contributed by atoms with van der Waals surface area (Å²) in [7, 11) is 3.11. The Morgan fingerprint density at radius 3 is 2.57 bits per heavy atom. The number of rotatable bonds is 6. The van der Waals surface area contributed by atoms with E-state index in [0.717, 1.165) is 5.56 Å². The van der Waals surface area contributed by atoms with Crippen LogP contribution in [0.3, 0.4) is 0 Å². The Balaban J connectivity index is 2.22. The third kappa shape index (κ3) is 3.88. The average Bonchev–Trinajstić information content (AvgIpc) is 2.55. The molecule has 0 spiro atoms. The number of esters is 1. The lowest BCUT2D eigenvalue weighted by Crippen LogP contribution is -2.22. The molecule has 1 heterocycles. The molecule has 2 rings (SSSR count). The number of carbonyl (C=O) groups is 1. The third-order valence-electron chi connectivity index (χ3n) is 3.17. The first-order valence-corrected chi connectivity index (χ1v) is 7.05. The number of methoxy groups -OCH3 is 2. The van der Waals surface area contributed by atoms with Gasteiger partial charge in [0.15, 0.2) is 11.5 Å². The molecule has 0 unspecified atom stereocenters. The maximum atomic E-state index is 11.9. The summed E-state index contributed by atoms with van der Waals surface area (Å²) in [5.41, 5.74) is 0.256. The molecular weight excluding hydrogens is 300 g/mol. The topological polar surface area (TPSA) is 90.5 Å². The molecule has 0 radical (unpaired) electrons. The van der Waals surface area contributed by atoms with Crippen molar-refractivity contribution in [1.82, 2.24) is 9.97 Å². The van der Waals surface area contributed by atoms with Crippen LogP contribution < -0.4 is 15.0 Å². The summed E-state index contributed by atoms with van der Waals surface area (Å²) in [4.78, 5) is 30.2. The lowest BCUT2D eigenvalue weighted by Gasteiger charge is -2.09. The van der Waals surface area contributed by atoms with Crippen LogP contribution in [0.25, 0.3) is 0 Å². The number of nitrogens with zero attached hydrogens (tertiary/aromatic N) is 1. The van der Waals surface area contributed by atoms with Gasteiger partial charge in [0.05, 0.1) is 20.8 Å². The zero-order valence-corrected chi connectivity index (χ0v) is 13.2. The van der Waals surface area contributed by atoms with Crippen molar-refractivity contribution in [1.29, 1.82) is 0 Å². The van der Waals surface area contributed by atoms with Crippen LogP contribution in [0.1, 0.15) is 28.7 Å². The van der Waals surface area contributed by atoms with E-state index >= 15 is 0 Å². The van der Waals surface area contributed by atoms with Gasteiger partial charge in [0.25, 0.3) is 5.56 Å². The zero-order valence-electron chi connectivity index (χ0n) is 13.2. The first-order chi connectivity index (χ1) is 11.1. The van der Waals surface area contributed by atoms with Gasteiger partial charge in [0.2, 0.25) is 0 Å². The van der Waals surface area contributed by atoms with Crippen molar-refractivity contribution >= 4 is 5.97 Å². The van der Waals surface area contributed by atoms with E-state index in [1.807, 2.05) is 6.07 Å². The SMILES string of the molecule is CCOC(=O)c1cnc(Cc2ccc(OC)c(OC)c2)[nH]c1=O. The van der Waals surface area contributed by atoms with Crippen LogP contribution in [-0.4, -0.2) is 36.8 Å². The van der Waals surface area contributed by atoms with Gasteiger partial charge in [-0.3, -0.25) is 4.79 Å². The van der Waals surface area contributed by atoms with Gasteiger partial charge in [-0.05, 0) is 24.6 Å². The van der Waals surface area contributed by atoms with Gasteiger partial charge < -0.3 is 19.2 Å². The number of carbonyl (C=O) groups excluding carboxylic acids is 1. The first kappa shape index (κ1) is 16.5. The summed E-state index contributed by atoms with van der Waals surface area (Å²) >= 11 is 0. The number of hydrogen-bond acceptors (Lipinski definition) is 6. The van der Waals surface area contributed by atoms with E-state index in [1.165, 1.54) is 6.20 Å². The molecule has 0 aliphatic carbocycles. The van der Waals surface area contributed by atoms with Crippen molar-refractivity contribution in [3.63, 3.8) is 0 Å². The molecule has 7 nitrogen and oxygen atoms in total. The maximum absolute atomic E-state index is 11.9. The lowest BCUT2D eigenvalue weighted by molar-refractivity contribution is 0.0523. The fourth-order valence-corrected chi connectivity index (χ4v) is 2.06. The molecule has 1 N–H and O–H groups in total. The van der Waals surface area contributed by atoms with Crippen LogP contribution in [0.15, 0.2) is 29.2 Å². The number of benzene rings is 1. The highest BCUT2D eigenvalue weighted by molar-refractivity contribution is 5.88. The highest BCUT2D eigenvalue weighted by Gasteiger charge is 2.13. The number of hydrogen-bond donors (Lipinski definition) is 1. The highest BCUT2D eigenvalue weighted by atomic mass is 16.5. The summed E-state index contributed by atoms with van der Waals surface area (Å²) in [6, 6.07) is 5.43. The Hall–Kier alpha value is -2.83. The van der Waals surface area contributed by atoms with Gasteiger partial charge in [-0.2, -0.15) is 0 Å². The lowest BCUT2D eigenvalue weighted by atomic mass is 10.1. The van der Waals surface area contributed by atoms with E-state index in [1.54, 1.807) is 33.3 Å². The minimum atomic E-state index is -0.682. The fraction of sp³-hybridized carbons (Fsp3) is 0.312. The van der Waals surface area contributed by atoms with Crippen LogP contribution in [0.5, 0.6) is 11.5 Å². The van der Waals surface area contributed by atoms with Crippen LogP contribution >= 0.6 is 0 Å². The minimum Gasteiger partial charge on any atom is -0.493 e. The predicted octanol–water partition coefficient (Wildman–Crippen LogP) is 1.55. The second-order valence-corrected chi connectivity index (χ2v) is 4.66. The first-order valence-electron chi connectivity index (χ1n) is 7.05. The molecule has 2 aromatic rings. The van der Waals surface area contributed by atoms with Crippen LogP contribution in [-0.2, 0) is 11.2 Å². The number of nitrogens with one attached hydrogen (secondary N) is 1. The number of H-pyrrole nitrogens is 1. The van der Waals surface area contributed by atoms with E-state index in [-0.39, 0.29) is 12.2 Å². The molecule has 0 aliphatic rings. The number of ether oxygens (including phenoxy) is 3. The Morgan fingerprint density at radius 1 is 1.22 bits per heavy atom. The zero-order chi connectivity index (χ0) is 16.8. The molecule has 0 atom stereocenters. The molecule has 1 aromatic heterocycles. The van der Waals surface area contributed by atoms with E-state index in [9.17, 15) is 9.59 Å². The average molecular weight is 318 g/mol. The monoisotopic (exact) mass is 318 g/mol. The third-order valence-corrected chi connectivity index (χ3v) is 3.17. The van der Waals surface area contributed by atoms with Crippen LogP contribution in [0, 0.1) is 0 Å². The molecule has 1 aromatic carbocycles. The fourth-order valence-electron chi connectivity index (χ4n) is 2.06. The van der Waals surface area contributed by atoms with Gasteiger partial charge >= 0.3 is 5.97 Å². The predicted molar refractivity (Wildman–Crippen MR) is 83.2 cm³/mol. The molecular formula is C16H18N2O5. The maximum Gasteiger partial charge on any atom is 0.345 e. The van der Waals surface area contributed by atoms with Gasteiger partial charge in [0, 0.05) is 12.6 Å². The Bertz CT molecular complexity index is 754. The highest BCUT2D eigenvalue weighted by Crippen LogP contribution is 2.28. The van der Waals surface area contributed by atoms with Gasteiger partial charge in [-0.25, -0.2) is 9.78 Å². The van der Waals surface area contributed by atoms with E-state index in [0.29, 0.717) is 23.7 Å². The Labute approximate surface area is 133 Å². The molecule has 0 saturated heterocycles. The summed E-state index contributed by atoms with van der Waals surface area (Å²) in [5, 5.41) is 0. The van der Waals surface area contributed by atoms with Crippen molar-refractivity contribution in [3.8, 4) is 11.5 Å². The largest absolute Gasteiger partial charge is 0.493 e. The molecule has 0 amide bonds. The Morgan fingerprint density at radius 2 is 1.96 bits per heavy atom. The van der Waals surface area contributed by atoms with Gasteiger partial charge in [-0.15, -0.1) is 0 Å². The van der Waals surface area contributed by atoms with Crippen molar-refractivity contribution < 1.29 is 19.0 Å². The van der Waals surface area contributed by atoms with Crippen molar-refractivity contribution in [2.45, 2.75) is 13.3 Å². The standard InChI is InChI=1S/C16H18N2O5/c1-4-23-16(20)11-9-17-14(18-15(11)19)8-10-5-6-12(21-2)13(7-10)22-3/h5-7,9H,4,8H2,1-3H3,(H,17,18,19). The second-order valence-electron chi connectivity index (χ2n) is 4.66. The minimum absolute atomic E-state index is 0.108. The molecule has 0 saturated carbocycles. The molecule has 23 heavy (non-hydrogen) atoms. The molecule has 0 fully saturated rings.